The smallest absolute Gasteiger partial charge is 0.268 e. The monoisotopic (exact) mass is 303 g/mol. The van der Waals surface area contributed by atoms with Crippen LogP contribution in [0.15, 0.2) is 6.07 Å². The van der Waals surface area contributed by atoms with E-state index in [9.17, 15) is 9.59 Å². The molecule has 7 heteroatoms. The molecule has 2 amide bonds. The molecule has 0 aromatic carbocycles. The summed E-state index contributed by atoms with van der Waals surface area (Å²) in [5.41, 5.74) is 0.340. The molecule has 1 aliphatic heterocycles. The predicted octanol–water partition coefficient (Wildman–Crippen LogP) is 1.73. The molecular formula is C12H15Cl2N3O2. The van der Waals surface area contributed by atoms with Crippen molar-refractivity contribution >= 4 is 35.0 Å². The first kappa shape index (κ1) is 14.2. The Hall–Kier alpha value is -1.20. The third kappa shape index (κ3) is 3.04. The molecule has 0 saturated carbocycles. The Morgan fingerprint density at radius 1 is 1.47 bits per heavy atom. The van der Waals surface area contributed by atoms with Crippen LogP contribution in [0.4, 0.5) is 0 Å². The Balaban J connectivity index is 2.11. The number of aromatic nitrogens is 1. The van der Waals surface area contributed by atoms with Crippen molar-refractivity contribution in [3.05, 3.63) is 21.9 Å². The van der Waals surface area contributed by atoms with Gasteiger partial charge in [-0.3, -0.25) is 9.59 Å². The lowest BCUT2D eigenvalue weighted by Crippen LogP contribution is -2.45. The SMILES string of the molecule is Cn1c(C(=O)N[C@H]2CCCCNC2=O)cc(Cl)c1Cl. The molecular weight excluding hydrogens is 289 g/mol. The molecule has 1 aromatic rings. The van der Waals surface area contributed by atoms with Crippen LogP contribution >= 0.6 is 23.2 Å². The van der Waals surface area contributed by atoms with Crippen molar-refractivity contribution < 1.29 is 9.59 Å². The van der Waals surface area contributed by atoms with Crippen LogP contribution < -0.4 is 10.6 Å². The molecule has 0 unspecified atom stereocenters. The van der Waals surface area contributed by atoms with Gasteiger partial charge in [-0.2, -0.15) is 0 Å². The van der Waals surface area contributed by atoms with Crippen LogP contribution in [0.25, 0.3) is 0 Å². The molecule has 1 saturated heterocycles. The number of nitrogens with one attached hydrogen (secondary N) is 2. The molecule has 1 aromatic heterocycles. The van der Waals surface area contributed by atoms with Gasteiger partial charge in [0.15, 0.2) is 0 Å². The second kappa shape index (κ2) is 5.84. The standard InChI is InChI=1S/C12H15Cl2N3O2/c1-17-9(6-7(13)10(17)14)12(19)16-8-4-2-3-5-15-11(8)18/h6,8H,2-5H2,1H3,(H,15,18)(H,16,19)/t8-/m0/s1. The summed E-state index contributed by atoms with van der Waals surface area (Å²) in [6, 6.07) is 0.996. The quantitative estimate of drug-likeness (QED) is 0.874. The van der Waals surface area contributed by atoms with Crippen molar-refractivity contribution in [1.29, 1.82) is 0 Å². The van der Waals surface area contributed by atoms with Crippen molar-refractivity contribution in [3.63, 3.8) is 0 Å². The molecule has 104 valence electrons. The summed E-state index contributed by atoms with van der Waals surface area (Å²) in [7, 11) is 1.65. The van der Waals surface area contributed by atoms with Gasteiger partial charge >= 0.3 is 0 Å². The van der Waals surface area contributed by atoms with E-state index in [1.165, 1.54) is 10.6 Å². The van der Waals surface area contributed by atoms with E-state index in [1.807, 2.05) is 0 Å². The summed E-state index contributed by atoms with van der Waals surface area (Å²) >= 11 is 11.8. The normalized spacial score (nSPS) is 19.7. The molecule has 19 heavy (non-hydrogen) atoms. The van der Waals surface area contributed by atoms with Gasteiger partial charge in [0.05, 0.1) is 5.02 Å². The van der Waals surface area contributed by atoms with E-state index in [1.54, 1.807) is 7.05 Å². The number of rotatable bonds is 2. The van der Waals surface area contributed by atoms with Gasteiger partial charge in [-0.1, -0.05) is 23.2 Å². The average molecular weight is 304 g/mol. The van der Waals surface area contributed by atoms with Gasteiger partial charge in [-0.25, -0.2) is 0 Å². The maximum absolute atomic E-state index is 12.1. The first-order valence-corrected chi connectivity index (χ1v) is 6.85. The molecule has 0 radical (unpaired) electrons. The molecule has 5 nitrogen and oxygen atoms in total. The predicted molar refractivity (Wildman–Crippen MR) is 73.5 cm³/mol. The summed E-state index contributed by atoms with van der Waals surface area (Å²) < 4.78 is 1.49. The van der Waals surface area contributed by atoms with Crippen LogP contribution in [0, 0.1) is 0 Å². The minimum absolute atomic E-state index is 0.141. The average Bonchev–Trinajstić information content (AvgIpc) is 2.56. The zero-order valence-electron chi connectivity index (χ0n) is 10.5. The number of carbonyl (C=O) groups excluding carboxylic acids is 2. The highest BCUT2D eigenvalue weighted by atomic mass is 35.5. The Kier molecular flexibility index (Phi) is 4.37. The maximum Gasteiger partial charge on any atom is 0.268 e. The van der Waals surface area contributed by atoms with E-state index in [-0.39, 0.29) is 11.8 Å². The van der Waals surface area contributed by atoms with E-state index < -0.39 is 6.04 Å². The number of carbonyl (C=O) groups is 2. The summed E-state index contributed by atoms with van der Waals surface area (Å²) in [5.74, 6) is -0.490. The topological polar surface area (TPSA) is 63.1 Å². The lowest BCUT2D eigenvalue weighted by Gasteiger charge is -2.15. The van der Waals surface area contributed by atoms with E-state index >= 15 is 0 Å². The minimum atomic E-state index is -0.498. The van der Waals surface area contributed by atoms with Gasteiger partial charge in [0.2, 0.25) is 5.91 Å². The maximum atomic E-state index is 12.1. The second-order valence-electron chi connectivity index (χ2n) is 4.54. The zero-order chi connectivity index (χ0) is 14.0. The first-order valence-electron chi connectivity index (χ1n) is 6.10. The fraction of sp³-hybridized carbons (Fsp3) is 0.500. The van der Waals surface area contributed by atoms with Crippen LogP contribution in [0.5, 0.6) is 0 Å². The van der Waals surface area contributed by atoms with Gasteiger partial charge in [0.25, 0.3) is 5.91 Å². The minimum Gasteiger partial charge on any atom is -0.354 e. The summed E-state index contributed by atoms with van der Waals surface area (Å²) in [5, 5.41) is 6.11. The molecule has 1 aliphatic rings. The fourth-order valence-electron chi connectivity index (χ4n) is 2.07. The van der Waals surface area contributed by atoms with Gasteiger partial charge in [-0.15, -0.1) is 0 Å². The van der Waals surface area contributed by atoms with E-state index in [0.717, 1.165) is 12.8 Å². The lowest BCUT2D eigenvalue weighted by molar-refractivity contribution is -0.122. The van der Waals surface area contributed by atoms with Crippen molar-refractivity contribution in [3.8, 4) is 0 Å². The van der Waals surface area contributed by atoms with Gasteiger partial charge in [-0.05, 0) is 25.3 Å². The van der Waals surface area contributed by atoms with Crippen molar-refractivity contribution in [2.75, 3.05) is 6.54 Å². The van der Waals surface area contributed by atoms with Crippen molar-refractivity contribution in [2.24, 2.45) is 7.05 Å². The number of amides is 2. The van der Waals surface area contributed by atoms with Gasteiger partial charge < -0.3 is 15.2 Å². The van der Waals surface area contributed by atoms with Crippen LogP contribution in [0.1, 0.15) is 29.8 Å². The molecule has 2 rings (SSSR count). The largest absolute Gasteiger partial charge is 0.354 e. The Bertz CT molecular complexity index is 513. The van der Waals surface area contributed by atoms with Crippen molar-refractivity contribution in [2.45, 2.75) is 25.3 Å². The third-order valence-electron chi connectivity index (χ3n) is 3.19. The third-order valence-corrected chi connectivity index (χ3v) is 4.03. The highest BCUT2D eigenvalue weighted by Gasteiger charge is 2.24. The first-order chi connectivity index (χ1) is 9.00. The zero-order valence-corrected chi connectivity index (χ0v) is 12.0. The lowest BCUT2D eigenvalue weighted by atomic mass is 10.1. The molecule has 0 spiro atoms. The Morgan fingerprint density at radius 3 is 2.84 bits per heavy atom. The number of hydrogen-bond donors (Lipinski definition) is 2. The Morgan fingerprint density at radius 2 is 2.21 bits per heavy atom. The van der Waals surface area contributed by atoms with E-state index in [4.69, 9.17) is 23.2 Å². The van der Waals surface area contributed by atoms with Gasteiger partial charge in [0, 0.05) is 13.6 Å². The van der Waals surface area contributed by atoms with Crippen molar-refractivity contribution in [1.82, 2.24) is 15.2 Å². The molecule has 1 atom stereocenters. The highest BCUT2D eigenvalue weighted by Crippen LogP contribution is 2.25. The van der Waals surface area contributed by atoms with Crippen LogP contribution in [0.3, 0.4) is 0 Å². The molecule has 1 fully saturated rings. The van der Waals surface area contributed by atoms with Crippen LogP contribution in [0.2, 0.25) is 10.2 Å². The second-order valence-corrected chi connectivity index (χ2v) is 5.31. The molecule has 0 bridgehead atoms. The molecule has 0 aliphatic carbocycles. The number of nitrogens with zero attached hydrogens (tertiary/aromatic N) is 1. The molecule has 2 heterocycles. The summed E-state index contributed by atoms with van der Waals surface area (Å²) in [6.07, 6.45) is 2.47. The summed E-state index contributed by atoms with van der Waals surface area (Å²) in [6.45, 7) is 0.660. The van der Waals surface area contributed by atoms with E-state index in [0.29, 0.717) is 28.8 Å². The Labute approximate surface area is 121 Å². The highest BCUT2D eigenvalue weighted by molar-refractivity contribution is 6.41. The summed E-state index contributed by atoms with van der Waals surface area (Å²) in [4.78, 5) is 23.9. The fourth-order valence-corrected chi connectivity index (χ4v) is 2.45. The molecule has 2 N–H and O–H groups in total. The number of hydrogen-bond acceptors (Lipinski definition) is 2. The van der Waals surface area contributed by atoms with E-state index in [2.05, 4.69) is 10.6 Å². The van der Waals surface area contributed by atoms with Gasteiger partial charge in [0.1, 0.15) is 16.9 Å². The van der Waals surface area contributed by atoms with Crippen LogP contribution in [-0.2, 0) is 11.8 Å². The number of halogens is 2. The van der Waals surface area contributed by atoms with Crippen LogP contribution in [-0.4, -0.2) is 29.0 Å².